The molecule has 1 N–H and O–H groups in total. The largest absolute Gasteiger partial charge is 0.497 e. The lowest BCUT2D eigenvalue weighted by molar-refractivity contribution is 0.190. The molecule has 7 nitrogen and oxygen atoms in total. The van der Waals surface area contributed by atoms with Gasteiger partial charge in [0.05, 0.1) is 27.4 Å². The Balaban J connectivity index is 1.35. The molecular weight excluding hydrogens is 406 g/mol. The Morgan fingerprint density at radius 3 is 2.59 bits per heavy atom. The third kappa shape index (κ3) is 4.71. The first-order chi connectivity index (χ1) is 15.6. The molecule has 172 valence electrons. The molecule has 2 aromatic rings. The van der Waals surface area contributed by atoms with Crippen LogP contribution in [0, 0.1) is 5.92 Å². The summed E-state index contributed by atoms with van der Waals surface area (Å²) in [6.07, 6.45) is 2.98. The predicted molar refractivity (Wildman–Crippen MR) is 125 cm³/mol. The highest BCUT2D eigenvalue weighted by Gasteiger charge is 2.33. The first kappa shape index (κ1) is 22.1. The highest BCUT2D eigenvalue weighted by Crippen LogP contribution is 2.38. The second-order valence-electron chi connectivity index (χ2n) is 8.45. The van der Waals surface area contributed by atoms with Crippen molar-refractivity contribution in [2.24, 2.45) is 5.92 Å². The van der Waals surface area contributed by atoms with Gasteiger partial charge in [0.25, 0.3) is 0 Å². The lowest BCUT2D eigenvalue weighted by atomic mass is 10.0. The van der Waals surface area contributed by atoms with Crippen LogP contribution in [0.25, 0.3) is 0 Å². The minimum Gasteiger partial charge on any atom is -0.497 e. The van der Waals surface area contributed by atoms with E-state index in [1.165, 1.54) is 5.69 Å². The van der Waals surface area contributed by atoms with Crippen LogP contribution in [-0.4, -0.2) is 58.4 Å². The van der Waals surface area contributed by atoms with E-state index in [1.807, 2.05) is 35.2 Å². The molecule has 0 spiro atoms. The molecule has 32 heavy (non-hydrogen) atoms. The molecule has 0 saturated carbocycles. The Morgan fingerprint density at radius 1 is 1.00 bits per heavy atom. The highest BCUT2D eigenvalue weighted by molar-refractivity contribution is 5.75. The van der Waals surface area contributed by atoms with Gasteiger partial charge in [-0.25, -0.2) is 4.79 Å². The van der Waals surface area contributed by atoms with E-state index in [2.05, 4.69) is 22.3 Å². The molecule has 2 atom stereocenters. The van der Waals surface area contributed by atoms with E-state index >= 15 is 0 Å². The molecule has 2 heterocycles. The second-order valence-corrected chi connectivity index (χ2v) is 8.45. The van der Waals surface area contributed by atoms with E-state index in [-0.39, 0.29) is 12.1 Å². The summed E-state index contributed by atoms with van der Waals surface area (Å²) >= 11 is 0. The Morgan fingerprint density at radius 2 is 1.81 bits per heavy atom. The number of carbonyl (C=O) groups excluding carboxylic acids is 1. The third-order valence-electron chi connectivity index (χ3n) is 6.56. The van der Waals surface area contributed by atoms with Gasteiger partial charge < -0.3 is 29.3 Å². The predicted octanol–water partition coefficient (Wildman–Crippen LogP) is 4.09. The summed E-state index contributed by atoms with van der Waals surface area (Å²) in [6.45, 7) is 3.36. The summed E-state index contributed by atoms with van der Waals surface area (Å²) in [5, 5.41) is 3.19. The summed E-state index contributed by atoms with van der Waals surface area (Å²) in [5.74, 6) is 2.82. The van der Waals surface area contributed by atoms with Gasteiger partial charge in [0.2, 0.25) is 0 Å². The minimum atomic E-state index is 0.00482. The second kappa shape index (κ2) is 10.0. The molecule has 2 amide bonds. The van der Waals surface area contributed by atoms with Crippen LogP contribution in [0.5, 0.6) is 17.2 Å². The number of methoxy groups -OCH3 is 3. The summed E-state index contributed by atoms with van der Waals surface area (Å²) < 4.78 is 16.2. The van der Waals surface area contributed by atoms with Crippen molar-refractivity contribution in [2.75, 3.05) is 52.4 Å². The summed E-state index contributed by atoms with van der Waals surface area (Å²) in [7, 11) is 4.99. The number of likely N-dealkylation sites (tertiary alicyclic amines) is 1. The maximum atomic E-state index is 13.1. The van der Waals surface area contributed by atoms with Crippen LogP contribution in [0.2, 0.25) is 0 Å². The maximum absolute atomic E-state index is 13.1. The fourth-order valence-corrected chi connectivity index (χ4v) is 4.80. The van der Waals surface area contributed by atoms with Crippen LogP contribution in [0.15, 0.2) is 42.5 Å². The molecule has 2 unspecified atom stereocenters. The Kier molecular flexibility index (Phi) is 6.93. The van der Waals surface area contributed by atoms with Gasteiger partial charge >= 0.3 is 6.03 Å². The van der Waals surface area contributed by atoms with E-state index in [0.29, 0.717) is 12.5 Å². The zero-order chi connectivity index (χ0) is 22.5. The molecule has 2 saturated heterocycles. The van der Waals surface area contributed by atoms with Crippen LogP contribution in [0.3, 0.4) is 0 Å². The van der Waals surface area contributed by atoms with Crippen molar-refractivity contribution in [3.05, 3.63) is 48.0 Å². The number of ether oxygens (including phenoxy) is 3. The van der Waals surface area contributed by atoms with E-state index in [4.69, 9.17) is 14.2 Å². The fourth-order valence-electron chi connectivity index (χ4n) is 4.80. The van der Waals surface area contributed by atoms with Crippen molar-refractivity contribution in [3.8, 4) is 17.2 Å². The molecule has 4 rings (SSSR count). The number of urea groups is 1. The van der Waals surface area contributed by atoms with E-state index in [1.54, 1.807) is 21.3 Å². The molecule has 0 bridgehead atoms. The van der Waals surface area contributed by atoms with Crippen molar-refractivity contribution >= 4 is 11.7 Å². The number of hydrogen-bond acceptors (Lipinski definition) is 5. The van der Waals surface area contributed by atoms with Gasteiger partial charge in [0, 0.05) is 49.6 Å². The van der Waals surface area contributed by atoms with Crippen molar-refractivity contribution in [1.29, 1.82) is 0 Å². The zero-order valence-electron chi connectivity index (χ0n) is 19.2. The monoisotopic (exact) mass is 439 g/mol. The molecule has 2 aliphatic heterocycles. The van der Waals surface area contributed by atoms with E-state index in [9.17, 15) is 4.79 Å². The third-order valence-corrected chi connectivity index (χ3v) is 6.56. The van der Waals surface area contributed by atoms with Crippen molar-refractivity contribution in [3.63, 3.8) is 0 Å². The number of nitrogens with zero attached hydrogens (tertiary/aromatic N) is 2. The smallest absolute Gasteiger partial charge is 0.317 e. The first-order valence-electron chi connectivity index (χ1n) is 11.3. The quantitative estimate of drug-likeness (QED) is 0.704. The summed E-state index contributed by atoms with van der Waals surface area (Å²) in [6, 6.07) is 14.0. The van der Waals surface area contributed by atoms with E-state index in [0.717, 1.165) is 61.7 Å². The molecule has 2 aromatic carbocycles. The number of benzene rings is 2. The van der Waals surface area contributed by atoms with Gasteiger partial charge in [-0.1, -0.05) is 6.07 Å². The molecule has 2 fully saturated rings. The van der Waals surface area contributed by atoms with E-state index < -0.39 is 0 Å². The SMILES string of the molecule is COc1cccc(N2CCC(CNC(=O)N3CCCC3c3ccc(OC)cc3OC)C2)c1. The minimum absolute atomic E-state index is 0.00482. The normalized spacial score (nSPS) is 20.3. The first-order valence-corrected chi connectivity index (χ1v) is 11.3. The molecule has 2 aliphatic rings. The number of carbonyl (C=O) groups is 1. The zero-order valence-corrected chi connectivity index (χ0v) is 19.2. The van der Waals surface area contributed by atoms with Gasteiger partial charge in [-0.15, -0.1) is 0 Å². The molecule has 0 aliphatic carbocycles. The Bertz CT molecular complexity index is 935. The number of anilines is 1. The number of rotatable bonds is 7. The Labute approximate surface area is 190 Å². The molecule has 7 heteroatoms. The highest BCUT2D eigenvalue weighted by atomic mass is 16.5. The average molecular weight is 440 g/mol. The molecule has 0 aromatic heterocycles. The van der Waals surface area contributed by atoms with Crippen LogP contribution in [-0.2, 0) is 0 Å². The maximum Gasteiger partial charge on any atom is 0.317 e. The van der Waals surface area contributed by atoms with Crippen LogP contribution >= 0.6 is 0 Å². The van der Waals surface area contributed by atoms with Crippen molar-refractivity contribution < 1.29 is 19.0 Å². The van der Waals surface area contributed by atoms with Crippen LogP contribution < -0.4 is 24.4 Å². The lowest BCUT2D eigenvalue weighted by Gasteiger charge is -2.27. The Hall–Kier alpha value is -3.09. The van der Waals surface area contributed by atoms with Gasteiger partial charge in [-0.2, -0.15) is 0 Å². The summed E-state index contributed by atoms with van der Waals surface area (Å²) in [5.41, 5.74) is 2.20. The van der Waals surface area contributed by atoms with Crippen LogP contribution in [0.4, 0.5) is 10.5 Å². The topological polar surface area (TPSA) is 63.3 Å². The van der Waals surface area contributed by atoms with Crippen molar-refractivity contribution in [2.45, 2.75) is 25.3 Å². The standard InChI is InChI=1S/C25H33N3O4/c1-30-20-7-4-6-19(14-20)27-13-11-18(17-27)16-26-25(29)28-12-5-8-23(28)22-10-9-21(31-2)15-24(22)32-3/h4,6-7,9-10,14-15,18,23H,5,8,11-13,16-17H2,1-3H3,(H,26,29). The molecule has 0 radical (unpaired) electrons. The fraction of sp³-hybridized carbons (Fsp3) is 0.480. The average Bonchev–Trinajstić information content (AvgIpc) is 3.52. The number of hydrogen-bond donors (Lipinski definition) is 1. The van der Waals surface area contributed by atoms with Gasteiger partial charge in [0.15, 0.2) is 0 Å². The lowest BCUT2D eigenvalue weighted by Crippen LogP contribution is -2.41. The number of nitrogens with one attached hydrogen (secondary N) is 1. The van der Waals surface area contributed by atoms with Gasteiger partial charge in [-0.3, -0.25) is 0 Å². The summed E-state index contributed by atoms with van der Waals surface area (Å²) in [4.78, 5) is 17.4. The number of amides is 2. The van der Waals surface area contributed by atoms with Crippen molar-refractivity contribution in [1.82, 2.24) is 10.2 Å². The molecular formula is C25H33N3O4. The van der Waals surface area contributed by atoms with Gasteiger partial charge in [-0.05, 0) is 49.4 Å². The van der Waals surface area contributed by atoms with Crippen LogP contribution in [0.1, 0.15) is 30.9 Å². The van der Waals surface area contributed by atoms with Gasteiger partial charge in [0.1, 0.15) is 17.2 Å².